The minimum Gasteiger partial charge on any atom is -0.374 e. The fraction of sp³-hybridized carbons (Fsp3) is 0.667. The van der Waals surface area contributed by atoms with Crippen LogP contribution in [0.4, 0.5) is 5.69 Å². The topological polar surface area (TPSA) is 18.5 Å². The third-order valence-corrected chi connectivity index (χ3v) is 5.14. The van der Waals surface area contributed by atoms with E-state index in [0.29, 0.717) is 12.1 Å². The van der Waals surface area contributed by atoms with E-state index in [0.717, 1.165) is 19.0 Å². The van der Waals surface area contributed by atoms with E-state index >= 15 is 0 Å². The molecule has 3 nitrogen and oxygen atoms in total. The van der Waals surface area contributed by atoms with Crippen LogP contribution in [0.5, 0.6) is 0 Å². The summed E-state index contributed by atoms with van der Waals surface area (Å²) in [7, 11) is 4.47. The molecule has 1 saturated heterocycles. The van der Waals surface area contributed by atoms with Crippen LogP contribution in [-0.2, 0) is 6.42 Å². The number of fused-ring (bicyclic) bond motifs is 1. The number of likely N-dealkylation sites (tertiary alicyclic amines) is 1. The van der Waals surface area contributed by atoms with Crippen LogP contribution in [0.1, 0.15) is 37.4 Å². The second-order valence-corrected chi connectivity index (χ2v) is 7.10. The van der Waals surface area contributed by atoms with Gasteiger partial charge in [-0.25, -0.2) is 0 Å². The Morgan fingerprint density at radius 2 is 2.05 bits per heavy atom. The van der Waals surface area contributed by atoms with Gasteiger partial charge in [0.1, 0.15) is 0 Å². The lowest BCUT2D eigenvalue weighted by Gasteiger charge is -2.27. The number of hydrogen-bond acceptors (Lipinski definition) is 3. The van der Waals surface area contributed by atoms with Crippen molar-refractivity contribution in [2.24, 2.45) is 5.92 Å². The van der Waals surface area contributed by atoms with Crippen molar-refractivity contribution in [2.75, 3.05) is 38.6 Å². The first-order valence-corrected chi connectivity index (χ1v) is 8.34. The maximum absolute atomic E-state index is 3.63. The summed E-state index contributed by atoms with van der Waals surface area (Å²) in [5.41, 5.74) is 4.47. The standard InChI is InChI=1S/C18H29N3/c1-13(2)19-12-16-8-10-21(4)18(16)15-5-6-17-14(11-15)7-9-20(17)3/h5-6,11,13,16,18-19H,7-10,12H2,1-4H3. The van der Waals surface area contributed by atoms with E-state index in [9.17, 15) is 0 Å². The van der Waals surface area contributed by atoms with Crippen molar-refractivity contribution in [3.05, 3.63) is 29.3 Å². The highest BCUT2D eigenvalue weighted by Gasteiger charge is 2.33. The van der Waals surface area contributed by atoms with E-state index in [1.807, 2.05) is 0 Å². The van der Waals surface area contributed by atoms with E-state index in [2.05, 4.69) is 61.3 Å². The maximum atomic E-state index is 3.63. The summed E-state index contributed by atoms with van der Waals surface area (Å²) in [4.78, 5) is 4.91. The number of nitrogens with one attached hydrogen (secondary N) is 1. The monoisotopic (exact) mass is 287 g/mol. The Labute approximate surface area is 129 Å². The summed E-state index contributed by atoms with van der Waals surface area (Å²) in [6.45, 7) is 7.98. The third-order valence-electron chi connectivity index (χ3n) is 5.14. The van der Waals surface area contributed by atoms with Crippen LogP contribution in [0.3, 0.4) is 0 Å². The largest absolute Gasteiger partial charge is 0.374 e. The molecule has 116 valence electrons. The third kappa shape index (κ3) is 2.95. The second-order valence-electron chi connectivity index (χ2n) is 7.10. The minimum atomic E-state index is 0.574. The van der Waals surface area contributed by atoms with Crippen LogP contribution in [0.15, 0.2) is 18.2 Å². The van der Waals surface area contributed by atoms with Gasteiger partial charge in [0, 0.05) is 37.9 Å². The fourth-order valence-electron chi connectivity index (χ4n) is 3.92. The minimum absolute atomic E-state index is 0.574. The molecule has 2 atom stereocenters. The van der Waals surface area contributed by atoms with Crippen molar-refractivity contribution in [1.82, 2.24) is 10.2 Å². The Kier molecular flexibility index (Phi) is 4.23. The van der Waals surface area contributed by atoms with Gasteiger partial charge in [0.15, 0.2) is 0 Å². The lowest BCUT2D eigenvalue weighted by molar-refractivity contribution is 0.269. The van der Waals surface area contributed by atoms with Gasteiger partial charge in [-0.05, 0) is 49.5 Å². The molecule has 3 rings (SSSR count). The summed E-state index contributed by atoms with van der Waals surface area (Å²) >= 11 is 0. The summed E-state index contributed by atoms with van der Waals surface area (Å²) in [5, 5.41) is 3.63. The molecule has 0 amide bonds. The first-order valence-electron chi connectivity index (χ1n) is 8.34. The molecule has 0 radical (unpaired) electrons. The molecule has 21 heavy (non-hydrogen) atoms. The molecule has 0 aromatic heterocycles. The lowest BCUT2D eigenvalue weighted by Crippen LogP contribution is -2.32. The van der Waals surface area contributed by atoms with Crippen molar-refractivity contribution in [2.45, 2.75) is 38.8 Å². The highest BCUT2D eigenvalue weighted by molar-refractivity contribution is 5.58. The zero-order valence-electron chi connectivity index (χ0n) is 13.9. The van der Waals surface area contributed by atoms with Crippen molar-refractivity contribution in [3.63, 3.8) is 0 Å². The highest BCUT2D eigenvalue weighted by Crippen LogP contribution is 2.38. The van der Waals surface area contributed by atoms with Crippen LogP contribution >= 0.6 is 0 Å². The maximum Gasteiger partial charge on any atom is 0.0397 e. The molecule has 1 aromatic rings. The quantitative estimate of drug-likeness (QED) is 0.918. The van der Waals surface area contributed by atoms with Crippen molar-refractivity contribution in [3.8, 4) is 0 Å². The van der Waals surface area contributed by atoms with Crippen molar-refractivity contribution < 1.29 is 0 Å². The molecular weight excluding hydrogens is 258 g/mol. The van der Waals surface area contributed by atoms with E-state index in [4.69, 9.17) is 0 Å². The summed E-state index contributed by atoms with van der Waals surface area (Å²) in [5.74, 6) is 0.731. The van der Waals surface area contributed by atoms with Crippen LogP contribution in [0.2, 0.25) is 0 Å². The Balaban J connectivity index is 1.80. The molecule has 2 aliphatic rings. The fourth-order valence-corrected chi connectivity index (χ4v) is 3.92. The van der Waals surface area contributed by atoms with Gasteiger partial charge in [-0.3, -0.25) is 4.90 Å². The Morgan fingerprint density at radius 1 is 1.24 bits per heavy atom. The number of nitrogens with zero attached hydrogens (tertiary/aromatic N) is 2. The molecule has 0 spiro atoms. The first kappa shape index (κ1) is 14.9. The van der Waals surface area contributed by atoms with Gasteiger partial charge in [-0.1, -0.05) is 26.0 Å². The number of benzene rings is 1. The predicted octanol–water partition coefficient (Wildman–Crippen LogP) is 2.67. The SMILES string of the molecule is CC(C)NCC1CCN(C)C1c1ccc2c(c1)CCN2C. The van der Waals surface area contributed by atoms with Crippen LogP contribution in [0.25, 0.3) is 0 Å². The molecule has 2 unspecified atom stereocenters. The molecular formula is C18H29N3. The average Bonchev–Trinajstić information content (AvgIpc) is 3.00. The molecule has 0 saturated carbocycles. The zero-order valence-corrected chi connectivity index (χ0v) is 13.9. The smallest absolute Gasteiger partial charge is 0.0397 e. The highest BCUT2D eigenvalue weighted by atomic mass is 15.2. The number of likely N-dealkylation sites (N-methyl/N-ethyl adjacent to an activating group) is 1. The molecule has 0 aliphatic carbocycles. The lowest BCUT2D eigenvalue weighted by atomic mass is 9.92. The Hall–Kier alpha value is -1.06. The van der Waals surface area contributed by atoms with E-state index in [1.54, 1.807) is 0 Å². The molecule has 1 aromatic carbocycles. The number of hydrogen-bond donors (Lipinski definition) is 1. The molecule has 2 heterocycles. The van der Waals surface area contributed by atoms with Crippen molar-refractivity contribution in [1.29, 1.82) is 0 Å². The molecule has 0 bridgehead atoms. The Morgan fingerprint density at radius 3 is 2.81 bits per heavy atom. The Bertz CT molecular complexity index is 497. The van der Waals surface area contributed by atoms with E-state index in [-0.39, 0.29) is 0 Å². The average molecular weight is 287 g/mol. The first-order chi connectivity index (χ1) is 10.1. The van der Waals surface area contributed by atoms with Gasteiger partial charge >= 0.3 is 0 Å². The molecule has 1 N–H and O–H groups in total. The predicted molar refractivity (Wildman–Crippen MR) is 90.0 cm³/mol. The van der Waals surface area contributed by atoms with E-state index < -0.39 is 0 Å². The van der Waals surface area contributed by atoms with E-state index in [1.165, 1.54) is 36.2 Å². The summed E-state index contributed by atoms with van der Waals surface area (Å²) in [6, 6.07) is 8.30. The van der Waals surface area contributed by atoms with Crippen LogP contribution < -0.4 is 10.2 Å². The second kappa shape index (κ2) is 5.98. The summed E-state index contributed by atoms with van der Waals surface area (Å²) < 4.78 is 0. The normalized spacial score (nSPS) is 25.9. The van der Waals surface area contributed by atoms with Gasteiger partial charge in [0.05, 0.1) is 0 Å². The van der Waals surface area contributed by atoms with Crippen LogP contribution in [-0.4, -0.2) is 44.7 Å². The summed E-state index contributed by atoms with van der Waals surface area (Å²) in [6.07, 6.45) is 2.50. The molecule has 2 aliphatic heterocycles. The zero-order chi connectivity index (χ0) is 15.0. The van der Waals surface area contributed by atoms with Gasteiger partial charge in [0.25, 0.3) is 0 Å². The van der Waals surface area contributed by atoms with Gasteiger partial charge < -0.3 is 10.2 Å². The number of anilines is 1. The van der Waals surface area contributed by atoms with Crippen molar-refractivity contribution >= 4 is 5.69 Å². The van der Waals surface area contributed by atoms with Gasteiger partial charge in [0.2, 0.25) is 0 Å². The number of rotatable bonds is 4. The van der Waals surface area contributed by atoms with Crippen LogP contribution in [0, 0.1) is 5.92 Å². The molecule has 3 heteroatoms. The van der Waals surface area contributed by atoms with Gasteiger partial charge in [-0.15, -0.1) is 0 Å². The van der Waals surface area contributed by atoms with Gasteiger partial charge in [-0.2, -0.15) is 0 Å². The molecule has 1 fully saturated rings.